The molecule has 9 aromatic rings. The van der Waals surface area contributed by atoms with Crippen molar-refractivity contribution in [2.45, 2.75) is 111 Å². The van der Waals surface area contributed by atoms with E-state index in [0.29, 0.717) is 0 Å². The van der Waals surface area contributed by atoms with Crippen molar-refractivity contribution in [3.8, 4) is 39.5 Å². The number of hydrogen-bond acceptors (Lipinski definition) is 2. The quantitative estimate of drug-likeness (QED) is 0.128. The van der Waals surface area contributed by atoms with Crippen molar-refractivity contribution in [1.82, 2.24) is 9.55 Å². The van der Waals surface area contributed by atoms with Crippen LogP contribution in [0, 0.1) is 20.8 Å². The maximum absolute atomic E-state index is 7.30. The van der Waals surface area contributed by atoms with E-state index in [2.05, 4.69) is 197 Å². The van der Waals surface area contributed by atoms with E-state index in [1.807, 2.05) is 6.20 Å². The third-order valence-electron chi connectivity index (χ3n) is 14.9. The third-order valence-corrected chi connectivity index (χ3v) is 16.9. The molecule has 0 aliphatic carbocycles. The molecule has 11 rings (SSSR count). The highest BCUT2D eigenvalue weighted by molar-refractivity contribution is 6.88. The summed E-state index contributed by atoms with van der Waals surface area (Å²) in [4.78, 5) is 5.10. The maximum atomic E-state index is 7.30. The second-order valence-corrected chi connectivity index (χ2v) is 26.1. The number of benzene rings is 5. The van der Waals surface area contributed by atoms with Gasteiger partial charge in [0.25, 0.3) is 0 Å². The van der Waals surface area contributed by atoms with Crippen LogP contribution < -0.4 is 14.3 Å². The number of aromatic nitrogens is 4. The SMILES string of the molecule is C=C1CC2C(CCc3cc(C)c4c(oc5cc(C)ccc54)c3-c3n(-c4c(C(C)C)cc(-c5ccccc5)cc4C(C)C)c4c(C)nccc4[n+]31)c1ccccc1-c1ccc([Si](C)(C)C)c[n+]12. The first-order chi connectivity index (χ1) is 31.7. The Balaban J connectivity index is 1.30. The van der Waals surface area contributed by atoms with E-state index in [1.165, 1.54) is 72.0 Å². The lowest BCUT2D eigenvalue weighted by Gasteiger charge is -2.32. The molecule has 0 amide bonds. The summed E-state index contributed by atoms with van der Waals surface area (Å²) in [6.45, 7) is 28.6. The molecule has 0 N–H and O–H groups in total. The van der Waals surface area contributed by atoms with Gasteiger partial charge in [-0.2, -0.15) is 13.7 Å². The standard InChI is InChI=1S/C60H62N4OSi/c1-35(2)49-32-43(41-17-13-12-14-18-41)33-50(36(3)4)58(49)64-57-40(8)61-28-27-52(57)63-39(7)31-53-47(45-19-15-16-20-46(45)51-26-23-44(34-62(51)53)66(9,10)11)25-22-42-30-38(6)55-48-24-21-37(5)29-54(48)65-59(55)56(42)60(63)64/h12-21,23-24,26-30,32-36,47,53H,7,22,25,31H2,1-6,8-11H3/q+2. The Kier molecular flexibility index (Phi) is 10.0. The summed E-state index contributed by atoms with van der Waals surface area (Å²) in [6, 6.07) is 41.4. The number of allylic oxidation sites excluding steroid dienone is 1. The van der Waals surface area contributed by atoms with Gasteiger partial charge in [0, 0.05) is 56.9 Å². The predicted molar refractivity (Wildman–Crippen MR) is 277 cm³/mol. The van der Waals surface area contributed by atoms with Crippen LogP contribution >= 0.6 is 0 Å². The summed E-state index contributed by atoms with van der Waals surface area (Å²) >= 11 is 0. The Hall–Kier alpha value is -6.37. The van der Waals surface area contributed by atoms with Gasteiger partial charge < -0.3 is 4.42 Å². The van der Waals surface area contributed by atoms with Crippen LogP contribution in [0.15, 0.2) is 133 Å². The molecule has 2 unspecified atom stereocenters. The normalized spacial score (nSPS) is 16.2. The second-order valence-electron chi connectivity index (χ2n) is 21.0. The van der Waals surface area contributed by atoms with Gasteiger partial charge in [-0.3, -0.25) is 4.98 Å². The Morgan fingerprint density at radius 2 is 1.53 bits per heavy atom. The van der Waals surface area contributed by atoms with Gasteiger partial charge >= 0.3 is 5.82 Å². The van der Waals surface area contributed by atoms with Crippen molar-refractivity contribution < 1.29 is 13.6 Å². The first kappa shape index (κ1) is 42.3. The van der Waals surface area contributed by atoms with Crippen molar-refractivity contribution >= 4 is 51.9 Å². The van der Waals surface area contributed by atoms with Gasteiger partial charge in [0.1, 0.15) is 22.5 Å². The summed E-state index contributed by atoms with van der Waals surface area (Å²) in [5, 5.41) is 3.81. The van der Waals surface area contributed by atoms with E-state index in [1.54, 1.807) is 0 Å². The maximum Gasteiger partial charge on any atom is 0.304 e. The number of furan rings is 1. The molecule has 5 nitrogen and oxygen atoms in total. The van der Waals surface area contributed by atoms with Crippen molar-refractivity contribution in [3.63, 3.8) is 0 Å². The summed E-state index contributed by atoms with van der Waals surface area (Å²) in [5.41, 5.74) is 21.4. The Morgan fingerprint density at radius 1 is 0.803 bits per heavy atom. The van der Waals surface area contributed by atoms with E-state index >= 15 is 0 Å². The van der Waals surface area contributed by atoms with Gasteiger partial charge in [0.2, 0.25) is 11.2 Å². The Labute approximate surface area is 391 Å². The average Bonchev–Trinajstić information content (AvgIpc) is 3.85. The molecule has 0 bridgehead atoms. The molecular weight excluding hydrogens is 821 g/mol. The number of rotatable bonds is 5. The van der Waals surface area contributed by atoms with Crippen LogP contribution in [0.4, 0.5) is 0 Å². The summed E-state index contributed by atoms with van der Waals surface area (Å²) in [5.74, 6) is 1.80. The molecule has 2 atom stereocenters. The largest absolute Gasteiger partial charge is 0.455 e. The Bertz CT molecular complexity index is 3420. The van der Waals surface area contributed by atoms with Gasteiger partial charge in [0.05, 0.1) is 20.2 Å². The molecule has 330 valence electrons. The van der Waals surface area contributed by atoms with Gasteiger partial charge in [-0.25, -0.2) is 0 Å². The molecule has 6 heteroatoms. The molecule has 2 aliphatic heterocycles. The lowest BCUT2D eigenvalue weighted by atomic mass is 9.77. The highest BCUT2D eigenvalue weighted by Crippen LogP contribution is 2.49. The number of imidazole rings is 1. The lowest BCUT2D eigenvalue weighted by molar-refractivity contribution is -0.719. The van der Waals surface area contributed by atoms with Crippen LogP contribution in [0.5, 0.6) is 0 Å². The highest BCUT2D eigenvalue weighted by Gasteiger charge is 2.45. The average molecular weight is 883 g/mol. The zero-order valence-electron chi connectivity index (χ0n) is 40.4. The smallest absolute Gasteiger partial charge is 0.304 e. The topological polar surface area (TPSA) is 38.7 Å². The van der Waals surface area contributed by atoms with E-state index in [-0.39, 0.29) is 23.8 Å². The Morgan fingerprint density at radius 3 is 2.26 bits per heavy atom. The molecule has 0 spiro atoms. The van der Waals surface area contributed by atoms with Crippen LogP contribution in [0.2, 0.25) is 19.6 Å². The number of aryl methyl sites for hydroxylation is 4. The van der Waals surface area contributed by atoms with Crippen LogP contribution in [-0.4, -0.2) is 17.6 Å². The first-order valence-electron chi connectivity index (χ1n) is 24.1. The van der Waals surface area contributed by atoms with E-state index in [4.69, 9.17) is 16.0 Å². The van der Waals surface area contributed by atoms with Gasteiger partial charge in [-0.05, 0) is 103 Å². The molecule has 0 saturated carbocycles. The second kappa shape index (κ2) is 15.6. The fourth-order valence-corrected chi connectivity index (χ4v) is 12.7. The minimum Gasteiger partial charge on any atom is -0.455 e. The summed E-state index contributed by atoms with van der Waals surface area (Å²) in [6.07, 6.45) is 7.15. The molecule has 5 aromatic carbocycles. The molecule has 0 fully saturated rings. The van der Waals surface area contributed by atoms with Crippen molar-refractivity contribution in [1.29, 1.82) is 0 Å². The van der Waals surface area contributed by atoms with Crippen molar-refractivity contribution in [2.24, 2.45) is 0 Å². The number of nitrogens with zero attached hydrogens (tertiary/aromatic N) is 4. The highest BCUT2D eigenvalue weighted by atomic mass is 28.3. The van der Waals surface area contributed by atoms with Crippen molar-refractivity contribution in [2.75, 3.05) is 0 Å². The van der Waals surface area contributed by atoms with E-state index < -0.39 is 8.07 Å². The third kappa shape index (κ3) is 6.58. The zero-order valence-corrected chi connectivity index (χ0v) is 41.4. The fraction of sp³-hybridized carbons (Fsp3) is 0.283. The minimum atomic E-state index is -1.66. The van der Waals surface area contributed by atoms with Gasteiger partial charge in [0.15, 0.2) is 23.3 Å². The van der Waals surface area contributed by atoms with Crippen LogP contribution in [0.25, 0.3) is 78.1 Å². The molecule has 4 aromatic heterocycles. The van der Waals surface area contributed by atoms with E-state index in [0.717, 1.165) is 69.6 Å². The predicted octanol–water partition coefficient (Wildman–Crippen LogP) is 14.4. The first-order valence-corrected chi connectivity index (χ1v) is 27.6. The summed E-state index contributed by atoms with van der Waals surface area (Å²) < 4.78 is 15.1. The molecule has 6 heterocycles. The molecule has 66 heavy (non-hydrogen) atoms. The van der Waals surface area contributed by atoms with Crippen LogP contribution in [-0.2, 0) is 6.42 Å². The number of fused-ring (bicyclic) bond motifs is 15. The monoisotopic (exact) mass is 882 g/mol. The van der Waals surface area contributed by atoms with E-state index in [9.17, 15) is 0 Å². The number of hydrogen-bond donors (Lipinski definition) is 0. The number of pyridine rings is 2. The zero-order chi connectivity index (χ0) is 45.9. The fourth-order valence-electron chi connectivity index (χ4n) is 11.6. The minimum absolute atomic E-state index is 0.156. The van der Waals surface area contributed by atoms with Crippen LogP contribution in [0.1, 0.15) is 103 Å². The molecule has 0 radical (unpaired) electrons. The van der Waals surface area contributed by atoms with Gasteiger partial charge in [-0.1, -0.05) is 127 Å². The lowest BCUT2D eigenvalue weighted by Crippen LogP contribution is -2.53. The molecule has 2 aliphatic rings. The van der Waals surface area contributed by atoms with Crippen molar-refractivity contribution in [3.05, 3.63) is 167 Å². The molecule has 0 saturated heterocycles. The summed E-state index contributed by atoms with van der Waals surface area (Å²) in [7, 11) is -1.66. The molecular formula is C60H62N4OSi+2. The van der Waals surface area contributed by atoms with Crippen LogP contribution in [0.3, 0.4) is 0 Å². The van der Waals surface area contributed by atoms with Gasteiger partial charge in [-0.15, -0.1) is 0 Å².